The lowest BCUT2D eigenvalue weighted by Gasteiger charge is -2.24. The van der Waals surface area contributed by atoms with Gasteiger partial charge in [0.05, 0.1) is 21.0 Å². The molecule has 0 aliphatic rings. The van der Waals surface area contributed by atoms with E-state index in [0.29, 0.717) is 5.69 Å². The summed E-state index contributed by atoms with van der Waals surface area (Å²) in [7, 11) is -7.05. The summed E-state index contributed by atoms with van der Waals surface area (Å²) in [5.74, 6) is 0. The summed E-state index contributed by atoms with van der Waals surface area (Å²) in [4.78, 5) is -0.0945. The van der Waals surface area contributed by atoms with E-state index in [1.165, 1.54) is 18.2 Å². The summed E-state index contributed by atoms with van der Waals surface area (Å²) >= 11 is 0. The highest BCUT2D eigenvalue weighted by atomic mass is 32.2. The smallest absolute Gasteiger partial charge is 0.238 e. The lowest BCUT2D eigenvalue weighted by atomic mass is 10.2. The topological polar surface area (TPSA) is 132 Å². The predicted molar refractivity (Wildman–Crippen MR) is 79.6 cm³/mol. The number of anilines is 2. The maximum Gasteiger partial charge on any atom is 0.238 e. The van der Waals surface area contributed by atoms with Gasteiger partial charge in [0.15, 0.2) is 9.84 Å². The van der Waals surface area contributed by atoms with Crippen LogP contribution in [0.5, 0.6) is 0 Å². The highest BCUT2D eigenvalue weighted by Crippen LogP contribution is 2.24. The van der Waals surface area contributed by atoms with Crippen molar-refractivity contribution in [3.05, 3.63) is 18.2 Å². The third-order valence-electron chi connectivity index (χ3n) is 3.06. The Labute approximate surface area is 119 Å². The highest BCUT2D eigenvalue weighted by Gasteiger charge is 2.30. The molecule has 0 amide bonds. The molecule has 0 bridgehead atoms. The van der Waals surface area contributed by atoms with E-state index in [0.717, 1.165) is 6.26 Å². The molecule has 0 saturated carbocycles. The number of nitrogen functional groups attached to an aromatic ring is 1. The first kappa shape index (κ1) is 16.7. The Morgan fingerprint density at radius 1 is 1.20 bits per heavy atom. The van der Waals surface area contributed by atoms with Crippen molar-refractivity contribution in [2.45, 2.75) is 23.5 Å². The summed E-state index contributed by atoms with van der Waals surface area (Å²) in [6.45, 7) is 3.32. The maximum absolute atomic E-state index is 11.6. The van der Waals surface area contributed by atoms with Crippen molar-refractivity contribution < 1.29 is 16.8 Å². The van der Waals surface area contributed by atoms with Crippen LogP contribution in [0.25, 0.3) is 0 Å². The molecule has 0 radical (unpaired) electrons. The van der Waals surface area contributed by atoms with Crippen LogP contribution in [0.4, 0.5) is 11.4 Å². The fourth-order valence-corrected chi connectivity index (χ4v) is 2.20. The van der Waals surface area contributed by atoms with Crippen molar-refractivity contribution in [3.63, 3.8) is 0 Å². The van der Waals surface area contributed by atoms with Crippen molar-refractivity contribution in [2.24, 2.45) is 5.14 Å². The Balaban J connectivity index is 2.97. The second-order valence-electron chi connectivity index (χ2n) is 5.18. The van der Waals surface area contributed by atoms with Crippen LogP contribution in [0.3, 0.4) is 0 Å². The number of benzene rings is 1. The van der Waals surface area contributed by atoms with E-state index in [1.807, 2.05) is 0 Å². The van der Waals surface area contributed by atoms with E-state index >= 15 is 0 Å². The van der Waals surface area contributed by atoms with Gasteiger partial charge in [0.2, 0.25) is 10.0 Å². The van der Waals surface area contributed by atoms with Crippen LogP contribution in [-0.4, -0.2) is 34.4 Å². The third-order valence-corrected chi connectivity index (χ3v) is 6.12. The van der Waals surface area contributed by atoms with E-state index < -0.39 is 24.6 Å². The molecule has 0 fully saturated rings. The molecule has 1 rings (SSSR count). The standard InChI is InChI=1S/C11H19N3O4S2/c1-11(2,19(3,15)16)7-14-10-5-4-8(6-9(10)12)20(13,17)18/h4-6,14H,7,12H2,1-3H3,(H2,13,17,18). The summed E-state index contributed by atoms with van der Waals surface area (Å²) in [6, 6.07) is 3.99. The second kappa shape index (κ2) is 5.23. The molecule has 7 nitrogen and oxygen atoms in total. The summed E-state index contributed by atoms with van der Waals surface area (Å²) < 4.78 is 44.5. The zero-order valence-electron chi connectivity index (χ0n) is 11.5. The molecule has 0 saturated heterocycles. The first-order valence-corrected chi connectivity index (χ1v) is 9.14. The number of nitrogens with one attached hydrogen (secondary N) is 1. The van der Waals surface area contributed by atoms with Crippen molar-refractivity contribution in [1.29, 1.82) is 0 Å². The van der Waals surface area contributed by atoms with E-state index in [2.05, 4.69) is 5.32 Å². The van der Waals surface area contributed by atoms with Gasteiger partial charge in [-0.3, -0.25) is 0 Å². The van der Waals surface area contributed by atoms with Crippen LogP contribution >= 0.6 is 0 Å². The normalized spacial score (nSPS) is 13.2. The molecule has 9 heteroatoms. The first-order valence-electron chi connectivity index (χ1n) is 5.70. The van der Waals surface area contributed by atoms with Gasteiger partial charge in [-0.25, -0.2) is 22.0 Å². The Hall–Kier alpha value is -1.32. The number of sulfonamides is 1. The Kier molecular flexibility index (Phi) is 4.37. The minimum Gasteiger partial charge on any atom is -0.397 e. The van der Waals surface area contributed by atoms with E-state index in [1.54, 1.807) is 13.8 Å². The van der Waals surface area contributed by atoms with Gasteiger partial charge >= 0.3 is 0 Å². The number of rotatable bonds is 5. The van der Waals surface area contributed by atoms with Crippen LogP contribution in [0, 0.1) is 0 Å². The molecule has 0 spiro atoms. The van der Waals surface area contributed by atoms with E-state index in [9.17, 15) is 16.8 Å². The molecule has 0 aliphatic carbocycles. The minimum atomic E-state index is -3.81. The summed E-state index contributed by atoms with van der Waals surface area (Å²) in [5, 5.41) is 7.89. The Bertz CT molecular complexity index is 709. The highest BCUT2D eigenvalue weighted by molar-refractivity contribution is 7.92. The van der Waals surface area contributed by atoms with Gasteiger partial charge in [0, 0.05) is 12.8 Å². The SMILES string of the molecule is CC(C)(CNc1ccc(S(N)(=O)=O)cc1N)S(C)(=O)=O. The monoisotopic (exact) mass is 321 g/mol. The third kappa shape index (κ3) is 3.84. The van der Waals surface area contributed by atoms with Crippen molar-refractivity contribution >= 4 is 31.2 Å². The quantitative estimate of drug-likeness (QED) is 0.661. The van der Waals surface area contributed by atoms with Gasteiger partial charge < -0.3 is 11.1 Å². The van der Waals surface area contributed by atoms with E-state index in [4.69, 9.17) is 10.9 Å². The summed E-state index contributed by atoms with van der Waals surface area (Å²) in [5.41, 5.74) is 6.36. The van der Waals surface area contributed by atoms with Crippen LogP contribution in [0.1, 0.15) is 13.8 Å². The van der Waals surface area contributed by atoms with Gasteiger partial charge in [0.25, 0.3) is 0 Å². The number of hydrogen-bond donors (Lipinski definition) is 3. The molecular weight excluding hydrogens is 302 g/mol. The minimum absolute atomic E-state index is 0.0945. The maximum atomic E-state index is 11.6. The second-order valence-corrected chi connectivity index (χ2v) is 9.39. The fourth-order valence-electron chi connectivity index (χ4n) is 1.32. The van der Waals surface area contributed by atoms with Crippen LogP contribution in [0.2, 0.25) is 0 Å². The van der Waals surface area contributed by atoms with Crippen LogP contribution < -0.4 is 16.2 Å². The zero-order valence-corrected chi connectivity index (χ0v) is 13.2. The van der Waals surface area contributed by atoms with Gasteiger partial charge in [-0.15, -0.1) is 0 Å². The molecule has 0 aromatic heterocycles. The number of nitrogens with two attached hydrogens (primary N) is 2. The first-order chi connectivity index (χ1) is 8.84. The van der Waals surface area contributed by atoms with Gasteiger partial charge in [-0.2, -0.15) is 0 Å². The number of sulfone groups is 1. The van der Waals surface area contributed by atoms with Crippen molar-refractivity contribution in [3.8, 4) is 0 Å². The largest absolute Gasteiger partial charge is 0.397 e. The summed E-state index contributed by atoms with van der Waals surface area (Å²) in [6.07, 6.45) is 1.15. The molecule has 114 valence electrons. The molecule has 1 aromatic rings. The number of hydrogen-bond acceptors (Lipinski definition) is 6. The lowest BCUT2D eigenvalue weighted by Crippen LogP contribution is -2.38. The molecular formula is C11H19N3O4S2. The Morgan fingerprint density at radius 3 is 2.15 bits per heavy atom. The average Bonchev–Trinajstić information content (AvgIpc) is 2.24. The molecule has 20 heavy (non-hydrogen) atoms. The Morgan fingerprint density at radius 2 is 1.75 bits per heavy atom. The molecule has 0 atom stereocenters. The zero-order chi connectivity index (χ0) is 15.8. The lowest BCUT2D eigenvalue weighted by molar-refractivity contribution is 0.560. The molecule has 0 heterocycles. The fraction of sp³-hybridized carbons (Fsp3) is 0.455. The van der Waals surface area contributed by atoms with Gasteiger partial charge in [-0.1, -0.05) is 0 Å². The molecule has 0 unspecified atom stereocenters. The van der Waals surface area contributed by atoms with Crippen molar-refractivity contribution in [1.82, 2.24) is 0 Å². The average molecular weight is 321 g/mol. The molecule has 1 aromatic carbocycles. The van der Waals surface area contributed by atoms with Crippen LogP contribution in [0.15, 0.2) is 23.1 Å². The van der Waals surface area contributed by atoms with Gasteiger partial charge in [0.1, 0.15) is 0 Å². The number of primary sulfonamides is 1. The molecule has 5 N–H and O–H groups in total. The van der Waals surface area contributed by atoms with E-state index in [-0.39, 0.29) is 17.1 Å². The van der Waals surface area contributed by atoms with Crippen molar-refractivity contribution in [2.75, 3.05) is 23.9 Å². The predicted octanol–water partition coefficient (Wildman–Crippen LogP) is 0.151. The van der Waals surface area contributed by atoms with Crippen LogP contribution in [-0.2, 0) is 19.9 Å². The van der Waals surface area contributed by atoms with Gasteiger partial charge in [-0.05, 0) is 32.0 Å². The molecule has 0 aliphatic heterocycles.